The first-order valence-corrected chi connectivity index (χ1v) is 4.85. The van der Waals surface area contributed by atoms with Crippen LogP contribution in [0.25, 0.3) is 0 Å². The number of benzene rings is 1. The molecule has 0 fully saturated rings. The van der Waals surface area contributed by atoms with Crippen molar-refractivity contribution in [3.63, 3.8) is 0 Å². The summed E-state index contributed by atoms with van der Waals surface area (Å²) in [5, 5.41) is 2.99. The molecular weight excluding hydrogens is 203 g/mol. The van der Waals surface area contributed by atoms with Gasteiger partial charge in [0.2, 0.25) is 0 Å². The Labute approximate surface area is 87.3 Å². The first-order valence-electron chi connectivity index (χ1n) is 4.85. The van der Waals surface area contributed by atoms with Crippen molar-refractivity contribution >= 4 is 0 Å². The third kappa shape index (κ3) is 3.23. The van der Waals surface area contributed by atoms with E-state index in [1.54, 1.807) is 7.05 Å². The van der Waals surface area contributed by atoms with E-state index in [4.69, 9.17) is 0 Å². The average molecular weight is 217 g/mol. The van der Waals surface area contributed by atoms with Crippen molar-refractivity contribution < 1.29 is 13.2 Å². The Morgan fingerprint density at radius 2 is 1.73 bits per heavy atom. The van der Waals surface area contributed by atoms with Gasteiger partial charge in [0.1, 0.15) is 5.82 Å². The minimum atomic E-state index is -1.14. The third-order valence-corrected chi connectivity index (χ3v) is 2.43. The van der Waals surface area contributed by atoms with E-state index in [2.05, 4.69) is 5.32 Å². The van der Waals surface area contributed by atoms with E-state index in [-0.39, 0.29) is 11.6 Å². The Balaban J connectivity index is 2.73. The summed E-state index contributed by atoms with van der Waals surface area (Å²) in [6.07, 6.45) is 1.07. The Morgan fingerprint density at radius 3 is 2.33 bits per heavy atom. The average Bonchev–Trinajstić information content (AvgIpc) is 2.21. The van der Waals surface area contributed by atoms with Crippen LogP contribution in [0.4, 0.5) is 13.2 Å². The van der Waals surface area contributed by atoms with Crippen molar-refractivity contribution in [2.45, 2.75) is 25.8 Å². The molecular formula is C11H14F3N. The molecule has 0 aliphatic carbocycles. The highest BCUT2D eigenvalue weighted by molar-refractivity contribution is 5.20. The van der Waals surface area contributed by atoms with Crippen LogP contribution in [0.2, 0.25) is 0 Å². The highest BCUT2D eigenvalue weighted by atomic mass is 19.2. The standard InChI is InChI=1S/C11H14F3N/c1-7(15-2)3-4-8-5-10(13)11(14)6-9(8)12/h5-7,15H,3-4H2,1-2H3. The van der Waals surface area contributed by atoms with Crippen molar-refractivity contribution in [3.05, 3.63) is 35.1 Å². The van der Waals surface area contributed by atoms with Gasteiger partial charge in [-0.15, -0.1) is 0 Å². The zero-order valence-electron chi connectivity index (χ0n) is 8.78. The van der Waals surface area contributed by atoms with Crippen LogP contribution >= 0.6 is 0 Å². The maximum atomic E-state index is 13.2. The molecule has 15 heavy (non-hydrogen) atoms. The maximum absolute atomic E-state index is 13.2. The summed E-state index contributed by atoms with van der Waals surface area (Å²) >= 11 is 0. The largest absolute Gasteiger partial charge is 0.317 e. The van der Waals surface area contributed by atoms with Gasteiger partial charge in [-0.1, -0.05) is 0 Å². The predicted molar refractivity (Wildman–Crippen MR) is 53.2 cm³/mol. The first-order chi connectivity index (χ1) is 7.04. The second-order valence-corrected chi connectivity index (χ2v) is 3.59. The van der Waals surface area contributed by atoms with E-state index in [0.717, 1.165) is 6.07 Å². The molecule has 1 N–H and O–H groups in total. The summed E-state index contributed by atoms with van der Waals surface area (Å²) in [6, 6.07) is 1.74. The zero-order valence-corrected chi connectivity index (χ0v) is 8.78. The maximum Gasteiger partial charge on any atom is 0.161 e. The number of aryl methyl sites for hydroxylation is 1. The van der Waals surface area contributed by atoms with Crippen LogP contribution in [0.1, 0.15) is 18.9 Å². The van der Waals surface area contributed by atoms with Crippen LogP contribution < -0.4 is 5.32 Å². The van der Waals surface area contributed by atoms with Crippen LogP contribution in [0, 0.1) is 17.5 Å². The van der Waals surface area contributed by atoms with E-state index in [1.165, 1.54) is 0 Å². The van der Waals surface area contributed by atoms with Gasteiger partial charge in [-0.3, -0.25) is 0 Å². The molecule has 0 bridgehead atoms. The van der Waals surface area contributed by atoms with Crippen molar-refractivity contribution in [1.29, 1.82) is 0 Å². The highest BCUT2D eigenvalue weighted by Crippen LogP contribution is 2.15. The molecule has 0 aliphatic heterocycles. The Kier molecular flexibility index (Phi) is 4.15. The summed E-state index contributed by atoms with van der Waals surface area (Å²) in [5.41, 5.74) is 0.219. The molecule has 1 unspecified atom stereocenters. The van der Waals surface area contributed by atoms with Gasteiger partial charge in [0.05, 0.1) is 0 Å². The molecule has 0 saturated carbocycles. The lowest BCUT2D eigenvalue weighted by Crippen LogP contribution is -2.21. The summed E-state index contributed by atoms with van der Waals surface area (Å²) < 4.78 is 38.6. The lowest BCUT2D eigenvalue weighted by atomic mass is 10.1. The number of hydrogen-bond donors (Lipinski definition) is 1. The van der Waals surface area contributed by atoms with Gasteiger partial charge in [0.15, 0.2) is 11.6 Å². The van der Waals surface area contributed by atoms with Crippen molar-refractivity contribution in [2.24, 2.45) is 0 Å². The molecule has 0 aromatic heterocycles. The van der Waals surface area contributed by atoms with Crippen molar-refractivity contribution in [2.75, 3.05) is 7.05 Å². The molecule has 0 radical (unpaired) electrons. The Morgan fingerprint density at radius 1 is 1.13 bits per heavy atom. The second-order valence-electron chi connectivity index (χ2n) is 3.59. The SMILES string of the molecule is CNC(C)CCc1cc(F)c(F)cc1F. The number of hydrogen-bond acceptors (Lipinski definition) is 1. The van der Waals surface area contributed by atoms with Crippen LogP contribution in [0.3, 0.4) is 0 Å². The molecule has 1 nitrogen and oxygen atoms in total. The molecule has 4 heteroatoms. The van der Waals surface area contributed by atoms with E-state index in [1.807, 2.05) is 6.92 Å². The van der Waals surface area contributed by atoms with Gasteiger partial charge < -0.3 is 5.32 Å². The highest BCUT2D eigenvalue weighted by Gasteiger charge is 2.10. The van der Waals surface area contributed by atoms with E-state index in [0.29, 0.717) is 18.9 Å². The lowest BCUT2D eigenvalue weighted by Gasteiger charge is -2.10. The smallest absolute Gasteiger partial charge is 0.161 e. The topological polar surface area (TPSA) is 12.0 Å². The van der Waals surface area contributed by atoms with Crippen LogP contribution in [0.15, 0.2) is 12.1 Å². The second kappa shape index (κ2) is 5.16. The molecule has 0 saturated heterocycles. The van der Waals surface area contributed by atoms with Gasteiger partial charge >= 0.3 is 0 Å². The number of halogens is 3. The third-order valence-electron chi connectivity index (χ3n) is 2.43. The van der Waals surface area contributed by atoms with Crippen molar-refractivity contribution in [3.8, 4) is 0 Å². The Bertz CT molecular complexity index is 339. The van der Waals surface area contributed by atoms with Crippen LogP contribution in [0.5, 0.6) is 0 Å². The van der Waals surface area contributed by atoms with Gasteiger partial charge in [-0.25, -0.2) is 13.2 Å². The van der Waals surface area contributed by atoms with Gasteiger partial charge in [0.25, 0.3) is 0 Å². The van der Waals surface area contributed by atoms with Gasteiger partial charge in [0, 0.05) is 12.1 Å². The normalized spacial score (nSPS) is 12.9. The summed E-state index contributed by atoms with van der Waals surface area (Å²) in [6.45, 7) is 1.94. The lowest BCUT2D eigenvalue weighted by molar-refractivity contribution is 0.485. The van der Waals surface area contributed by atoms with Gasteiger partial charge in [-0.05, 0) is 38.4 Å². The van der Waals surface area contributed by atoms with E-state index >= 15 is 0 Å². The van der Waals surface area contributed by atoms with Gasteiger partial charge in [-0.2, -0.15) is 0 Å². The molecule has 1 aromatic rings. The number of rotatable bonds is 4. The molecule has 0 amide bonds. The first kappa shape index (κ1) is 12.0. The van der Waals surface area contributed by atoms with E-state index < -0.39 is 17.5 Å². The quantitative estimate of drug-likeness (QED) is 0.764. The fraction of sp³-hybridized carbons (Fsp3) is 0.455. The minimum absolute atomic E-state index is 0.219. The summed E-state index contributed by atoms with van der Waals surface area (Å²) in [5.74, 6) is -2.82. The fourth-order valence-corrected chi connectivity index (χ4v) is 1.27. The predicted octanol–water partition coefficient (Wildman–Crippen LogP) is 2.64. The molecule has 84 valence electrons. The van der Waals surface area contributed by atoms with Crippen molar-refractivity contribution in [1.82, 2.24) is 5.32 Å². The van der Waals surface area contributed by atoms with Crippen LogP contribution in [-0.2, 0) is 6.42 Å². The minimum Gasteiger partial charge on any atom is -0.317 e. The van der Waals surface area contributed by atoms with E-state index in [9.17, 15) is 13.2 Å². The Hall–Kier alpha value is -1.03. The fourth-order valence-electron chi connectivity index (χ4n) is 1.27. The monoisotopic (exact) mass is 217 g/mol. The molecule has 0 spiro atoms. The molecule has 0 aliphatic rings. The zero-order chi connectivity index (χ0) is 11.4. The molecule has 1 atom stereocenters. The summed E-state index contributed by atoms with van der Waals surface area (Å²) in [7, 11) is 1.80. The molecule has 1 aromatic carbocycles. The molecule has 0 heterocycles. The number of nitrogens with one attached hydrogen (secondary N) is 1. The molecule has 1 rings (SSSR count). The van der Waals surface area contributed by atoms with Crippen LogP contribution in [-0.4, -0.2) is 13.1 Å². The summed E-state index contributed by atoms with van der Waals surface area (Å²) in [4.78, 5) is 0.